The van der Waals surface area contributed by atoms with E-state index in [2.05, 4.69) is 63.4 Å². The van der Waals surface area contributed by atoms with Gasteiger partial charge < -0.3 is 15.1 Å². The molecule has 0 saturated carbocycles. The van der Waals surface area contributed by atoms with Crippen LogP contribution in [0.25, 0.3) is 0 Å². The second-order valence-corrected chi connectivity index (χ2v) is 7.04. The van der Waals surface area contributed by atoms with Gasteiger partial charge in [-0.1, -0.05) is 18.2 Å². The molecule has 0 radical (unpaired) electrons. The normalized spacial score (nSPS) is 14.0. The molecule has 5 heteroatoms. The summed E-state index contributed by atoms with van der Waals surface area (Å²) >= 11 is 0. The number of hydrogen-bond acceptors (Lipinski definition) is 5. The van der Waals surface area contributed by atoms with Crippen LogP contribution in [0.4, 0.5) is 28.8 Å². The van der Waals surface area contributed by atoms with E-state index in [9.17, 15) is 0 Å². The van der Waals surface area contributed by atoms with E-state index in [1.165, 1.54) is 24.9 Å². The molecule has 1 fully saturated rings. The highest BCUT2D eigenvalue weighted by atomic mass is 15.3. The minimum Gasteiger partial charge on any atom is -0.372 e. The average molecular weight is 374 g/mol. The van der Waals surface area contributed by atoms with Crippen molar-refractivity contribution in [3.05, 3.63) is 66.9 Å². The van der Waals surface area contributed by atoms with Gasteiger partial charge in [-0.2, -0.15) is 4.98 Å². The van der Waals surface area contributed by atoms with Gasteiger partial charge in [-0.3, -0.25) is 0 Å². The number of benzene rings is 2. The largest absolute Gasteiger partial charge is 0.372 e. The number of hydrogen-bond donors (Lipinski definition) is 1. The Morgan fingerprint density at radius 2 is 1.68 bits per heavy atom. The Bertz CT molecular complexity index is 873. The number of piperidine rings is 1. The predicted octanol–water partition coefficient (Wildman–Crippen LogP) is 5.37. The van der Waals surface area contributed by atoms with Gasteiger partial charge >= 0.3 is 0 Å². The highest BCUT2D eigenvalue weighted by Crippen LogP contribution is 2.25. The van der Waals surface area contributed by atoms with E-state index in [4.69, 9.17) is 4.98 Å². The maximum absolute atomic E-state index is 4.72. The Balaban J connectivity index is 1.48. The van der Waals surface area contributed by atoms with Crippen molar-refractivity contribution in [1.29, 1.82) is 0 Å². The zero-order valence-electron chi connectivity index (χ0n) is 16.4. The van der Waals surface area contributed by atoms with Crippen molar-refractivity contribution in [2.75, 3.05) is 34.8 Å². The summed E-state index contributed by atoms with van der Waals surface area (Å²) in [5.74, 6) is 1.49. The van der Waals surface area contributed by atoms with Crippen molar-refractivity contribution >= 4 is 28.8 Å². The molecule has 1 aromatic heterocycles. The molecule has 2 aromatic carbocycles. The third kappa shape index (κ3) is 4.25. The molecule has 5 nitrogen and oxygen atoms in total. The van der Waals surface area contributed by atoms with Gasteiger partial charge in [-0.25, -0.2) is 4.98 Å². The summed E-state index contributed by atoms with van der Waals surface area (Å²) in [7, 11) is 0. The molecule has 0 bridgehead atoms. The first-order valence-electron chi connectivity index (χ1n) is 10.1. The van der Waals surface area contributed by atoms with Crippen LogP contribution in [0.15, 0.2) is 66.9 Å². The van der Waals surface area contributed by atoms with Crippen LogP contribution in [0.5, 0.6) is 0 Å². The van der Waals surface area contributed by atoms with Crippen LogP contribution in [-0.4, -0.2) is 29.6 Å². The maximum atomic E-state index is 4.72. The highest BCUT2D eigenvalue weighted by Gasteiger charge is 2.12. The average Bonchev–Trinajstić information content (AvgIpc) is 2.77. The molecule has 28 heavy (non-hydrogen) atoms. The molecule has 4 rings (SSSR count). The van der Waals surface area contributed by atoms with Crippen LogP contribution in [-0.2, 0) is 0 Å². The van der Waals surface area contributed by atoms with E-state index in [0.717, 1.165) is 36.8 Å². The van der Waals surface area contributed by atoms with Crippen molar-refractivity contribution in [2.45, 2.75) is 26.2 Å². The molecule has 1 N–H and O–H groups in total. The number of anilines is 5. The van der Waals surface area contributed by atoms with E-state index < -0.39 is 0 Å². The lowest BCUT2D eigenvalue weighted by atomic mass is 10.1. The molecular formula is C23H27N5. The predicted molar refractivity (Wildman–Crippen MR) is 117 cm³/mol. The summed E-state index contributed by atoms with van der Waals surface area (Å²) < 4.78 is 0. The Kier molecular flexibility index (Phi) is 5.71. The molecule has 144 valence electrons. The third-order valence-electron chi connectivity index (χ3n) is 5.13. The fraction of sp³-hybridized carbons (Fsp3) is 0.304. The number of nitrogens with one attached hydrogen (secondary N) is 1. The summed E-state index contributed by atoms with van der Waals surface area (Å²) in [5.41, 5.74) is 3.43. The van der Waals surface area contributed by atoms with Crippen molar-refractivity contribution in [3.63, 3.8) is 0 Å². The lowest BCUT2D eigenvalue weighted by Crippen LogP contribution is -2.29. The highest BCUT2D eigenvalue weighted by molar-refractivity contribution is 5.63. The van der Waals surface area contributed by atoms with Crippen molar-refractivity contribution < 1.29 is 0 Å². The molecule has 0 amide bonds. The monoisotopic (exact) mass is 373 g/mol. The van der Waals surface area contributed by atoms with Gasteiger partial charge in [0.05, 0.1) is 0 Å². The minimum atomic E-state index is 0.698. The molecule has 1 aliphatic heterocycles. The first-order valence-corrected chi connectivity index (χ1v) is 10.1. The molecule has 0 aliphatic carbocycles. The molecule has 1 aliphatic rings. The first kappa shape index (κ1) is 18.3. The minimum absolute atomic E-state index is 0.698. The van der Waals surface area contributed by atoms with Gasteiger partial charge in [0.15, 0.2) is 0 Å². The number of para-hydroxylation sites is 1. The molecular weight excluding hydrogens is 346 g/mol. The molecule has 1 saturated heterocycles. The molecule has 0 spiro atoms. The lowest BCUT2D eigenvalue weighted by molar-refractivity contribution is 0.578. The van der Waals surface area contributed by atoms with E-state index in [1.54, 1.807) is 6.20 Å². The van der Waals surface area contributed by atoms with Gasteiger partial charge in [0.1, 0.15) is 5.82 Å². The van der Waals surface area contributed by atoms with E-state index in [1.807, 2.05) is 24.3 Å². The maximum Gasteiger partial charge on any atom is 0.231 e. The standard InChI is InChI=1S/C23H27N5/c1-2-28(21-9-5-3-6-10-21)23-24-16-15-22(26-23)25-19-11-13-20(14-12-19)27-17-7-4-8-18-27/h3,5-6,9-16H,2,4,7-8,17-18H2,1H3,(H,24,25,26). The first-order chi connectivity index (χ1) is 13.8. The van der Waals surface area contributed by atoms with Gasteiger partial charge in [0.25, 0.3) is 0 Å². The summed E-state index contributed by atoms with van der Waals surface area (Å²) in [5, 5.41) is 3.41. The summed E-state index contributed by atoms with van der Waals surface area (Å²) in [4.78, 5) is 13.8. The van der Waals surface area contributed by atoms with Crippen LogP contribution in [0.1, 0.15) is 26.2 Å². The SMILES string of the molecule is CCN(c1ccccc1)c1nccc(Nc2ccc(N3CCCCC3)cc2)n1. The Hall–Kier alpha value is -3.08. The van der Waals surface area contributed by atoms with Crippen LogP contribution >= 0.6 is 0 Å². The van der Waals surface area contributed by atoms with Crippen molar-refractivity contribution in [3.8, 4) is 0 Å². The Morgan fingerprint density at radius 1 is 0.929 bits per heavy atom. The van der Waals surface area contributed by atoms with Crippen LogP contribution in [0, 0.1) is 0 Å². The number of rotatable bonds is 6. The number of nitrogens with zero attached hydrogens (tertiary/aromatic N) is 4. The fourth-order valence-electron chi connectivity index (χ4n) is 3.65. The summed E-state index contributed by atoms with van der Waals surface area (Å²) in [6.07, 6.45) is 5.74. The van der Waals surface area contributed by atoms with Crippen LogP contribution < -0.4 is 15.1 Å². The second kappa shape index (κ2) is 8.74. The van der Waals surface area contributed by atoms with Crippen molar-refractivity contribution in [1.82, 2.24) is 9.97 Å². The second-order valence-electron chi connectivity index (χ2n) is 7.04. The molecule has 3 aromatic rings. The van der Waals surface area contributed by atoms with Crippen LogP contribution in [0.2, 0.25) is 0 Å². The zero-order chi connectivity index (χ0) is 19.2. The van der Waals surface area contributed by atoms with E-state index in [-0.39, 0.29) is 0 Å². The summed E-state index contributed by atoms with van der Waals surface area (Å²) in [6.45, 7) is 5.23. The van der Waals surface area contributed by atoms with Gasteiger partial charge in [0.2, 0.25) is 5.95 Å². The topological polar surface area (TPSA) is 44.3 Å². The molecule has 0 atom stereocenters. The fourth-order valence-corrected chi connectivity index (χ4v) is 3.65. The van der Waals surface area contributed by atoms with Crippen LogP contribution in [0.3, 0.4) is 0 Å². The zero-order valence-corrected chi connectivity index (χ0v) is 16.4. The van der Waals surface area contributed by atoms with E-state index in [0.29, 0.717) is 5.95 Å². The smallest absolute Gasteiger partial charge is 0.231 e. The quantitative estimate of drug-likeness (QED) is 0.629. The van der Waals surface area contributed by atoms with Gasteiger partial charge in [0, 0.05) is 42.9 Å². The molecule has 0 unspecified atom stereocenters. The van der Waals surface area contributed by atoms with Gasteiger partial charge in [-0.05, 0) is 68.7 Å². The molecule has 2 heterocycles. The van der Waals surface area contributed by atoms with E-state index >= 15 is 0 Å². The van der Waals surface area contributed by atoms with Gasteiger partial charge in [-0.15, -0.1) is 0 Å². The van der Waals surface area contributed by atoms with Crippen molar-refractivity contribution in [2.24, 2.45) is 0 Å². The summed E-state index contributed by atoms with van der Waals surface area (Å²) in [6, 6.07) is 20.8. The Morgan fingerprint density at radius 3 is 2.39 bits per heavy atom. The Labute approximate surface area is 167 Å². The lowest BCUT2D eigenvalue weighted by Gasteiger charge is -2.28. The third-order valence-corrected chi connectivity index (χ3v) is 5.13. The number of aromatic nitrogens is 2.